The third-order valence-electron chi connectivity index (χ3n) is 3.84. The van der Waals surface area contributed by atoms with E-state index in [2.05, 4.69) is 5.32 Å². The van der Waals surface area contributed by atoms with E-state index in [1.165, 1.54) is 18.2 Å². The lowest BCUT2D eigenvalue weighted by molar-refractivity contribution is -0.117. The minimum absolute atomic E-state index is 0.125. The molecule has 1 aliphatic heterocycles. The van der Waals surface area contributed by atoms with Crippen LogP contribution in [-0.4, -0.2) is 18.4 Å². The maximum Gasteiger partial charge on any atom is 0.248 e. The second kappa shape index (κ2) is 7.08. The molecule has 0 aromatic heterocycles. The molecule has 1 heterocycles. The molecular weight excluding hydrogens is 307 g/mol. The van der Waals surface area contributed by atoms with E-state index in [-0.39, 0.29) is 17.6 Å². The Balaban J connectivity index is 1.62. The molecule has 4 nitrogen and oxygen atoms in total. The van der Waals surface area contributed by atoms with Gasteiger partial charge in [0.25, 0.3) is 0 Å². The topological polar surface area (TPSA) is 49.4 Å². The number of nitrogens with zero attached hydrogens (tertiary/aromatic N) is 1. The average Bonchev–Trinajstić information content (AvgIpc) is 3.01. The van der Waals surface area contributed by atoms with Crippen molar-refractivity contribution >= 4 is 29.3 Å². The van der Waals surface area contributed by atoms with Crippen LogP contribution in [0.5, 0.6) is 0 Å². The predicted molar refractivity (Wildman–Crippen MR) is 92.1 cm³/mol. The van der Waals surface area contributed by atoms with Crippen LogP contribution in [0.25, 0.3) is 6.08 Å². The van der Waals surface area contributed by atoms with Crippen molar-refractivity contribution in [1.82, 2.24) is 0 Å². The molecule has 122 valence electrons. The smallest absolute Gasteiger partial charge is 0.248 e. The molecule has 1 saturated heterocycles. The van der Waals surface area contributed by atoms with E-state index < -0.39 is 0 Å². The van der Waals surface area contributed by atoms with E-state index in [9.17, 15) is 14.0 Å². The second-order valence-corrected chi connectivity index (χ2v) is 5.54. The van der Waals surface area contributed by atoms with Crippen LogP contribution in [0.4, 0.5) is 15.8 Å². The number of rotatable bonds is 4. The Morgan fingerprint density at radius 2 is 1.88 bits per heavy atom. The van der Waals surface area contributed by atoms with Gasteiger partial charge in [-0.3, -0.25) is 9.59 Å². The summed E-state index contributed by atoms with van der Waals surface area (Å²) in [6, 6.07) is 13.3. The number of anilines is 2. The number of amides is 2. The number of nitrogens with one attached hydrogen (secondary N) is 1. The molecule has 0 unspecified atom stereocenters. The Labute approximate surface area is 139 Å². The molecule has 2 aromatic rings. The number of carbonyl (C=O) groups is 2. The highest BCUT2D eigenvalue weighted by molar-refractivity contribution is 6.02. The third kappa shape index (κ3) is 3.68. The summed E-state index contributed by atoms with van der Waals surface area (Å²) in [6.45, 7) is 0.732. The van der Waals surface area contributed by atoms with E-state index in [1.807, 2.05) is 0 Å². The van der Waals surface area contributed by atoms with Crippen molar-refractivity contribution in [3.05, 3.63) is 66.0 Å². The van der Waals surface area contributed by atoms with Crippen LogP contribution in [0, 0.1) is 5.82 Å². The molecule has 1 fully saturated rings. The first-order valence-corrected chi connectivity index (χ1v) is 7.77. The highest BCUT2D eigenvalue weighted by Gasteiger charge is 2.21. The molecule has 2 aromatic carbocycles. The molecule has 3 rings (SSSR count). The summed E-state index contributed by atoms with van der Waals surface area (Å²) in [5.41, 5.74) is 1.81. The van der Waals surface area contributed by atoms with Gasteiger partial charge in [-0.2, -0.15) is 0 Å². The minimum atomic E-state index is -0.374. The molecule has 0 atom stereocenters. The van der Waals surface area contributed by atoms with Crippen LogP contribution in [0.15, 0.2) is 54.6 Å². The van der Waals surface area contributed by atoms with Gasteiger partial charge in [0.1, 0.15) is 5.82 Å². The van der Waals surface area contributed by atoms with E-state index in [4.69, 9.17) is 0 Å². The maximum atomic E-state index is 13.5. The number of carbonyl (C=O) groups excluding carboxylic acids is 2. The Morgan fingerprint density at radius 3 is 2.54 bits per heavy atom. The first-order chi connectivity index (χ1) is 11.6. The van der Waals surface area contributed by atoms with Crippen LogP contribution < -0.4 is 10.2 Å². The fourth-order valence-corrected chi connectivity index (χ4v) is 2.61. The summed E-state index contributed by atoms with van der Waals surface area (Å²) >= 11 is 0. The molecule has 0 saturated carbocycles. The number of hydrogen-bond acceptors (Lipinski definition) is 2. The normalized spacial score (nSPS) is 14.4. The highest BCUT2D eigenvalue weighted by Crippen LogP contribution is 2.23. The minimum Gasteiger partial charge on any atom is -0.323 e. The maximum absolute atomic E-state index is 13.5. The lowest BCUT2D eigenvalue weighted by atomic mass is 10.2. The summed E-state index contributed by atoms with van der Waals surface area (Å²) in [5, 5.41) is 2.71. The van der Waals surface area contributed by atoms with Crippen LogP contribution in [-0.2, 0) is 9.59 Å². The van der Waals surface area contributed by atoms with Crippen LogP contribution in [0.3, 0.4) is 0 Å². The van der Waals surface area contributed by atoms with Crippen LogP contribution in [0.1, 0.15) is 18.4 Å². The summed E-state index contributed by atoms with van der Waals surface area (Å²) in [7, 11) is 0. The Morgan fingerprint density at radius 1 is 1.12 bits per heavy atom. The Kier molecular flexibility index (Phi) is 4.70. The summed E-state index contributed by atoms with van der Waals surface area (Å²) in [6.07, 6.45) is 4.18. The van der Waals surface area contributed by atoms with Gasteiger partial charge >= 0.3 is 0 Å². The number of benzene rings is 2. The Bertz CT molecular complexity index is 784. The molecule has 1 N–H and O–H groups in total. The van der Waals surface area contributed by atoms with Gasteiger partial charge in [0, 0.05) is 36.0 Å². The van der Waals surface area contributed by atoms with Crippen molar-refractivity contribution in [2.24, 2.45) is 0 Å². The van der Waals surface area contributed by atoms with Gasteiger partial charge in [0.05, 0.1) is 0 Å². The lowest BCUT2D eigenvalue weighted by Crippen LogP contribution is -2.23. The largest absolute Gasteiger partial charge is 0.323 e. The van der Waals surface area contributed by atoms with Crippen LogP contribution >= 0.6 is 0 Å². The van der Waals surface area contributed by atoms with Gasteiger partial charge in [-0.15, -0.1) is 0 Å². The van der Waals surface area contributed by atoms with E-state index in [0.717, 1.165) is 18.7 Å². The molecule has 0 bridgehead atoms. The first-order valence-electron chi connectivity index (χ1n) is 7.77. The summed E-state index contributed by atoms with van der Waals surface area (Å²) < 4.78 is 13.5. The molecule has 2 amide bonds. The zero-order valence-corrected chi connectivity index (χ0v) is 13.0. The number of halogens is 1. The first kappa shape index (κ1) is 15.9. The van der Waals surface area contributed by atoms with Crippen molar-refractivity contribution in [2.75, 3.05) is 16.8 Å². The highest BCUT2D eigenvalue weighted by atomic mass is 19.1. The third-order valence-corrected chi connectivity index (χ3v) is 3.84. The van der Waals surface area contributed by atoms with Gasteiger partial charge in [-0.25, -0.2) is 4.39 Å². The number of hydrogen-bond donors (Lipinski definition) is 1. The standard InChI is InChI=1S/C19H17FN2O2/c20-17-5-2-1-4-14(17)7-12-18(23)21-15-8-10-16(11-9-15)22-13-3-6-19(22)24/h1-2,4-5,7-12H,3,6,13H2,(H,21,23)/b12-7+. The van der Waals surface area contributed by atoms with Gasteiger partial charge in [0.2, 0.25) is 11.8 Å². The van der Waals surface area contributed by atoms with Gasteiger partial charge in [0.15, 0.2) is 0 Å². The summed E-state index contributed by atoms with van der Waals surface area (Å²) in [5.74, 6) is -0.593. The van der Waals surface area contributed by atoms with Crippen LogP contribution in [0.2, 0.25) is 0 Å². The SMILES string of the molecule is O=C(/C=C/c1ccccc1F)Nc1ccc(N2CCCC2=O)cc1. The molecule has 1 aliphatic rings. The zero-order valence-electron chi connectivity index (χ0n) is 13.0. The zero-order chi connectivity index (χ0) is 16.9. The van der Waals surface area contributed by atoms with Crippen molar-refractivity contribution in [2.45, 2.75) is 12.8 Å². The monoisotopic (exact) mass is 324 g/mol. The quantitative estimate of drug-likeness (QED) is 0.874. The fourth-order valence-electron chi connectivity index (χ4n) is 2.61. The molecule has 5 heteroatoms. The van der Waals surface area contributed by atoms with E-state index in [0.29, 0.717) is 17.7 Å². The molecule has 0 aliphatic carbocycles. The van der Waals surface area contributed by atoms with Gasteiger partial charge in [-0.1, -0.05) is 18.2 Å². The fraction of sp³-hybridized carbons (Fsp3) is 0.158. The van der Waals surface area contributed by atoms with Gasteiger partial charge in [-0.05, 0) is 42.8 Å². The average molecular weight is 324 g/mol. The van der Waals surface area contributed by atoms with E-state index in [1.54, 1.807) is 47.4 Å². The summed E-state index contributed by atoms with van der Waals surface area (Å²) in [4.78, 5) is 25.3. The Hall–Kier alpha value is -2.95. The van der Waals surface area contributed by atoms with Gasteiger partial charge < -0.3 is 10.2 Å². The lowest BCUT2D eigenvalue weighted by Gasteiger charge is -2.15. The van der Waals surface area contributed by atoms with Crippen molar-refractivity contribution in [3.63, 3.8) is 0 Å². The molecule has 0 radical (unpaired) electrons. The second-order valence-electron chi connectivity index (χ2n) is 5.54. The predicted octanol–water partition coefficient (Wildman–Crippen LogP) is 3.60. The van der Waals surface area contributed by atoms with Crippen molar-refractivity contribution in [3.8, 4) is 0 Å². The van der Waals surface area contributed by atoms with Crippen molar-refractivity contribution < 1.29 is 14.0 Å². The van der Waals surface area contributed by atoms with E-state index >= 15 is 0 Å². The molecule has 0 spiro atoms. The molecule has 24 heavy (non-hydrogen) atoms. The molecular formula is C19H17FN2O2. The van der Waals surface area contributed by atoms with Crippen molar-refractivity contribution in [1.29, 1.82) is 0 Å².